The molecular weight excluding hydrogens is 166 g/mol. The second kappa shape index (κ2) is 2.94. The molecule has 0 aromatic rings. The molecule has 3 heteroatoms. The van der Waals surface area contributed by atoms with Crippen LogP contribution in [0.3, 0.4) is 0 Å². The Labute approximate surface area is 79.2 Å². The first-order valence-electron chi connectivity index (χ1n) is 5.23. The van der Waals surface area contributed by atoms with E-state index in [1.54, 1.807) is 0 Å². The van der Waals surface area contributed by atoms with Gasteiger partial charge in [0.15, 0.2) is 0 Å². The maximum atomic E-state index is 10.3. The van der Waals surface area contributed by atoms with Gasteiger partial charge in [-0.2, -0.15) is 0 Å². The van der Waals surface area contributed by atoms with E-state index in [0.717, 1.165) is 32.2 Å². The van der Waals surface area contributed by atoms with Crippen LogP contribution in [0.25, 0.3) is 0 Å². The maximum Gasteiger partial charge on any atom is 0.0829 e. The largest absolute Gasteiger partial charge is 0.388 e. The summed E-state index contributed by atoms with van der Waals surface area (Å²) in [6.07, 6.45) is 4.45. The molecule has 3 atom stereocenters. The highest BCUT2D eigenvalue weighted by Gasteiger charge is 2.53. The molecular formula is C10H19NO2. The summed E-state index contributed by atoms with van der Waals surface area (Å²) < 4.78 is 0. The SMILES string of the molecule is CC1(O)CCC2(O)CCCCNC12. The summed E-state index contributed by atoms with van der Waals surface area (Å²) in [7, 11) is 0. The van der Waals surface area contributed by atoms with Crippen LogP contribution in [-0.4, -0.2) is 34.0 Å². The Bertz CT molecular complexity index is 201. The molecule has 13 heavy (non-hydrogen) atoms. The molecule has 0 bridgehead atoms. The normalized spacial score (nSPS) is 51.5. The van der Waals surface area contributed by atoms with E-state index in [-0.39, 0.29) is 6.04 Å². The molecule has 1 aliphatic heterocycles. The summed E-state index contributed by atoms with van der Waals surface area (Å²) in [5.74, 6) is 0. The number of aliphatic hydroxyl groups is 2. The van der Waals surface area contributed by atoms with Crippen LogP contribution in [0.5, 0.6) is 0 Å². The molecule has 0 radical (unpaired) electrons. The topological polar surface area (TPSA) is 52.5 Å². The van der Waals surface area contributed by atoms with E-state index in [2.05, 4.69) is 5.32 Å². The van der Waals surface area contributed by atoms with Crippen molar-refractivity contribution in [2.75, 3.05) is 6.54 Å². The highest BCUT2D eigenvalue weighted by Crippen LogP contribution is 2.41. The predicted octanol–water partition coefficient (Wildman–Crippen LogP) is 0.404. The fourth-order valence-corrected chi connectivity index (χ4v) is 2.82. The van der Waals surface area contributed by atoms with Crippen LogP contribution in [0, 0.1) is 0 Å². The zero-order chi connectivity index (χ0) is 9.53. The van der Waals surface area contributed by atoms with Crippen molar-refractivity contribution >= 4 is 0 Å². The van der Waals surface area contributed by atoms with E-state index < -0.39 is 11.2 Å². The summed E-state index contributed by atoms with van der Waals surface area (Å²) in [4.78, 5) is 0. The zero-order valence-electron chi connectivity index (χ0n) is 8.21. The number of nitrogens with one attached hydrogen (secondary N) is 1. The van der Waals surface area contributed by atoms with E-state index in [4.69, 9.17) is 0 Å². The molecule has 2 fully saturated rings. The van der Waals surface area contributed by atoms with Crippen LogP contribution in [0.1, 0.15) is 39.0 Å². The molecule has 1 aliphatic carbocycles. The van der Waals surface area contributed by atoms with Gasteiger partial charge in [-0.15, -0.1) is 0 Å². The van der Waals surface area contributed by atoms with Gasteiger partial charge in [0.1, 0.15) is 0 Å². The van der Waals surface area contributed by atoms with Gasteiger partial charge in [-0.1, -0.05) is 0 Å². The van der Waals surface area contributed by atoms with Crippen molar-refractivity contribution in [2.45, 2.75) is 56.3 Å². The molecule has 1 heterocycles. The number of rotatable bonds is 0. The second-order valence-electron chi connectivity index (χ2n) is 4.80. The van der Waals surface area contributed by atoms with E-state index in [1.807, 2.05) is 6.92 Å². The first kappa shape index (κ1) is 9.44. The van der Waals surface area contributed by atoms with Crippen molar-refractivity contribution in [3.63, 3.8) is 0 Å². The molecule has 0 amide bonds. The summed E-state index contributed by atoms with van der Waals surface area (Å²) >= 11 is 0. The smallest absolute Gasteiger partial charge is 0.0829 e. The van der Waals surface area contributed by atoms with Crippen molar-refractivity contribution in [2.24, 2.45) is 0 Å². The fraction of sp³-hybridized carbons (Fsp3) is 1.00. The summed E-state index contributed by atoms with van der Waals surface area (Å²) in [6, 6.07) is -0.123. The Balaban J connectivity index is 2.22. The molecule has 3 nitrogen and oxygen atoms in total. The Morgan fingerprint density at radius 1 is 1.15 bits per heavy atom. The van der Waals surface area contributed by atoms with Crippen LogP contribution in [0.2, 0.25) is 0 Å². The van der Waals surface area contributed by atoms with E-state index >= 15 is 0 Å². The van der Waals surface area contributed by atoms with Crippen molar-refractivity contribution in [1.82, 2.24) is 5.32 Å². The monoisotopic (exact) mass is 185 g/mol. The van der Waals surface area contributed by atoms with Gasteiger partial charge >= 0.3 is 0 Å². The van der Waals surface area contributed by atoms with Crippen LogP contribution in [0.4, 0.5) is 0 Å². The van der Waals surface area contributed by atoms with Crippen molar-refractivity contribution in [3.8, 4) is 0 Å². The number of fused-ring (bicyclic) bond motifs is 1. The third-order valence-electron chi connectivity index (χ3n) is 3.61. The van der Waals surface area contributed by atoms with Crippen molar-refractivity contribution in [3.05, 3.63) is 0 Å². The van der Waals surface area contributed by atoms with Crippen LogP contribution in [0.15, 0.2) is 0 Å². The lowest BCUT2D eigenvalue weighted by Gasteiger charge is -2.34. The highest BCUT2D eigenvalue weighted by molar-refractivity contribution is 5.09. The molecule has 3 N–H and O–H groups in total. The average molecular weight is 185 g/mol. The first-order chi connectivity index (χ1) is 6.05. The average Bonchev–Trinajstić information content (AvgIpc) is 2.26. The van der Waals surface area contributed by atoms with Gasteiger partial charge in [0.25, 0.3) is 0 Å². The summed E-state index contributed by atoms with van der Waals surface area (Å²) in [5.41, 5.74) is -1.38. The second-order valence-corrected chi connectivity index (χ2v) is 4.80. The van der Waals surface area contributed by atoms with Gasteiger partial charge in [-0.3, -0.25) is 0 Å². The number of hydrogen-bond donors (Lipinski definition) is 3. The Kier molecular flexibility index (Phi) is 2.13. The molecule has 76 valence electrons. The molecule has 0 spiro atoms. The molecule has 0 aromatic heterocycles. The van der Waals surface area contributed by atoms with Crippen LogP contribution < -0.4 is 5.32 Å². The molecule has 2 aliphatic rings. The zero-order valence-corrected chi connectivity index (χ0v) is 8.21. The van der Waals surface area contributed by atoms with Gasteiger partial charge in [0.05, 0.1) is 17.2 Å². The third-order valence-corrected chi connectivity index (χ3v) is 3.61. The predicted molar refractivity (Wildman–Crippen MR) is 50.4 cm³/mol. The lowest BCUT2D eigenvalue weighted by molar-refractivity contribution is -0.0373. The van der Waals surface area contributed by atoms with E-state index in [0.29, 0.717) is 6.42 Å². The van der Waals surface area contributed by atoms with Gasteiger partial charge in [-0.25, -0.2) is 0 Å². The molecule has 0 aromatic carbocycles. The summed E-state index contributed by atoms with van der Waals surface area (Å²) in [6.45, 7) is 2.75. The standard InChI is InChI=1S/C10H19NO2/c1-9(12)5-6-10(13)4-2-3-7-11-8(9)10/h8,11-13H,2-7H2,1H3. The fourth-order valence-electron chi connectivity index (χ4n) is 2.82. The summed E-state index contributed by atoms with van der Waals surface area (Å²) in [5, 5.41) is 23.6. The minimum atomic E-state index is -0.723. The Morgan fingerprint density at radius 3 is 2.69 bits per heavy atom. The van der Waals surface area contributed by atoms with Gasteiger partial charge in [0.2, 0.25) is 0 Å². The molecule has 1 saturated carbocycles. The minimum Gasteiger partial charge on any atom is -0.388 e. The van der Waals surface area contributed by atoms with Gasteiger partial charge < -0.3 is 15.5 Å². The molecule has 2 rings (SSSR count). The van der Waals surface area contributed by atoms with E-state index in [1.165, 1.54) is 0 Å². The van der Waals surface area contributed by atoms with Crippen LogP contribution in [-0.2, 0) is 0 Å². The van der Waals surface area contributed by atoms with E-state index in [9.17, 15) is 10.2 Å². The highest BCUT2D eigenvalue weighted by atomic mass is 16.3. The maximum absolute atomic E-state index is 10.3. The first-order valence-corrected chi connectivity index (χ1v) is 5.23. The number of hydrogen-bond acceptors (Lipinski definition) is 3. The lowest BCUT2D eigenvalue weighted by atomic mass is 9.89. The molecule has 3 unspecified atom stereocenters. The quantitative estimate of drug-likeness (QED) is 0.512. The van der Waals surface area contributed by atoms with Gasteiger partial charge in [-0.05, 0) is 45.6 Å². The third kappa shape index (κ3) is 1.49. The van der Waals surface area contributed by atoms with Gasteiger partial charge in [0, 0.05) is 0 Å². The Morgan fingerprint density at radius 2 is 1.92 bits per heavy atom. The molecule has 1 saturated heterocycles. The van der Waals surface area contributed by atoms with Crippen molar-refractivity contribution in [1.29, 1.82) is 0 Å². The minimum absolute atomic E-state index is 0.123. The van der Waals surface area contributed by atoms with Crippen LogP contribution >= 0.6 is 0 Å². The Hall–Kier alpha value is -0.120. The van der Waals surface area contributed by atoms with Crippen molar-refractivity contribution < 1.29 is 10.2 Å². The lowest BCUT2D eigenvalue weighted by Crippen LogP contribution is -2.55.